The molecule has 0 radical (unpaired) electrons. The molecule has 0 amide bonds. The van der Waals surface area contributed by atoms with Crippen molar-refractivity contribution in [3.63, 3.8) is 0 Å². The quantitative estimate of drug-likeness (QED) is 0.347. The summed E-state index contributed by atoms with van der Waals surface area (Å²) in [6.07, 6.45) is 17.7. The van der Waals surface area contributed by atoms with Gasteiger partial charge in [0.2, 0.25) is 0 Å². The van der Waals surface area contributed by atoms with E-state index in [0.717, 1.165) is 19.1 Å². The summed E-state index contributed by atoms with van der Waals surface area (Å²) < 4.78 is 8.62. The van der Waals surface area contributed by atoms with Crippen LogP contribution in [-0.2, 0) is 11.3 Å². The minimum Gasteiger partial charge on any atom is -1.00 e. The molecule has 1 aromatic heterocycles. The van der Waals surface area contributed by atoms with Crippen molar-refractivity contribution in [2.24, 2.45) is 0 Å². The molecular formula is C26H38BrNO. The standard InChI is InChI=1S/C26H38NO.BrH/c1-2-3-4-5-6-12-21-28-26(22-27-19-10-7-11-20-27)25-17-15-24(16-18-25)23-13-8-9-14-23;/h7,10-11,15-20,23,26H,2-6,8-9,12-14,21-22H2,1H3;1H/q+1;/p-1. The normalized spacial score (nSPS) is 15.2. The zero-order valence-electron chi connectivity index (χ0n) is 18.1. The minimum absolute atomic E-state index is 0. The maximum Gasteiger partial charge on any atom is 0.178 e. The molecule has 0 spiro atoms. The molecule has 0 aliphatic heterocycles. The predicted molar refractivity (Wildman–Crippen MR) is 116 cm³/mol. The summed E-state index contributed by atoms with van der Waals surface area (Å²) in [6, 6.07) is 15.6. The second kappa shape index (κ2) is 13.9. The smallest absolute Gasteiger partial charge is 0.178 e. The summed E-state index contributed by atoms with van der Waals surface area (Å²) in [5.74, 6) is 0.778. The fourth-order valence-electron chi connectivity index (χ4n) is 4.35. The fourth-order valence-corrected chi connectivity index (χ4v) is 4.35. The lowest BCUT2D eigenvalue weighted by molar-refractivity contribution is -0.705. The van der Waals surface area contributed by atoms with Crippen LogP contribution in [0.4, 0.5) is 0 Å². The van der Waals surface area contributed by atoms with Crippen LogP contribution in [0.3, 0.4) is 0 Å². The van der Waals surface area contributed by atoms with Gasteiger partial charge in [0.25, 0.3) is 0 Å². The van der Waals surface area contributed by atoms with Crippen LogP contribution in [0, 0.1) is 0 Å². The van der Waals surface area contributed by atoms with Crippen molar-refractivity contribution >= 4 is 0 Å². The van der Waals surface area contributed by atoms with E-state index in [1.54, 1.807) is 0 Å². The highest BCUT2D eigenvalue weighted by Gasteiger charge is 2.20. The first-order chi connectivity index (χ1) is 13.9. The largest absolute Gasteiger partial charge is 1.00 e. The predicted octanol–water partition coefficient (Wildman–Crippen LogP) is 3.75. The van der Waals surface area contributed by atoms with Crippen LogP contribution in [0.1, 0.15) is 94.3 Å². The first-order valence-electron chi connectivity index (χ1n) is 11.5. The van der Waals surface area contributed by atoms with E-state index in [-0.39, 0.29) is 23.1 Å². The van der Waals surface area contributed by atoms with Crippen molar-refractivity contribution < 1.29 is 26.3 Å². The van der Waals surface area contributed by atoms with Crippen LogP contribution in [0.5, 0.6) is 0 Å². The number of unbranched alkanes of at least 4 members (excludes halogenated alkanes) is 5. The van der Waals surface area contributed by atoms with Crippen molar-refractivity contribution in [2.75, 3.05) is 6.61 Å². The summed E-state index contributed by atoms with van der Waals surface area (Å²) in [5.41, 5.74) is 2.83. The maximum atomic E-state index is 6.38. The number of pyridine rings is 1. The van der Waals surface area contributed by atoms with Crippen LogP contribution in [0.25, 0.3) is 0 Å². The molecule has 1 fully saturated rings. The van der Waals surface area contributed by atoms with Crippen molar-refractivity contribution in [3.05, 3.63) is 66.0 Å². The molecule has 3 rings (SSSR count). The van der Waals surface area contributed by atoms with Crippen molar-refractivity contribution in [2.45, 2.75) is 89.7 Å². The van der Waals surface area contributed by atoms with E-state index >= 15 is 0 Å². The lowest BCUT2D eigenvalue weighted by Gasteiger charge is -2.17. The third-order valence-electron chi connectivity index (χ3n) is 6.11. The Morgan fingerprint density at radius 2 is 1.55 bits per heavy atom. The zero-order chi connectivity index (χ0) is 19.4. The van der Waals surface area contributed by atoms with Crippen LogP contribution < -0.4 is 21.5 Å². The Morgan fingerprint density at radius 1 is 0.897 bits per heavy atom. The maximum absolute atomic E-state index is 6.38. The third-order valence-corrected chi connectivity index (χ3v) is 6.11. The van der Waals surface area contributed by atoms with Crippen molar-refractivity contribution in [1.29, 1.82) is 0 Å². The van der Waals surface area contributed by atoms with Gasteiger partial charge in [0.05, 0.1) is 0 Å². The van der Waals surface area contributed by atoms with Gasteiger partial charge in [0.1, 0.15) is 6.10 Å². The Labute approximate surface area is 188 Å². The van der Waals surface area contributed by atoms with Crippen LogP contribution in [-0.4, -0.2) is 6.61 Å². The highest BCUT2D eigenvalue weighted by molar-refractivity contribution is 5.27. The monoisotopic (exact) mass is 459 g/mol. The topological polar surface area (TPSA) is 13.1 Å². The Hall–Kier alpha value is -1.19. The van der Waals surface area contributed by atoms with Crippen molar-refractivity contribution in [3.8, 4) is 0 Å². The summed E-state index contributed by atoms with van der Waals surface area (Å²) in [5, 5.41) is 0. The lowest BCUT2D eigenvalue weighted by atomic mass is 9.95. The van der Waals surface area contributed by atoms with E-state index in [1.807, 2.05) is 0 Å². The van der Waals surface area contributed by atoms with Crippen LogP contribution in [0.2, 0.25) is 0 Å². The molecule has 1 atom stereocenters. The summed E-state index contributed by atoms with van der Waals surface area (Å²) in [6.45, 7) is 4.00. The molecule has 1 aromatic carbocycles. The lowest BCUT2D eigenvalue weighted by Crippen LogP contribution is -3.00. The molecule has 1 aliphatic rings. The summed E-state index contributed by atoms with van der Waals surface area (Å²) >= 11 is 0. The number of halogens is 1. The average molecular weight is 461 g/mol. The van der Waals surface area contributed by atoms with Gasteiger partial charge in [0, 0.05) is 18.7 Å². The van der Waals surface area contributed by atoms with E-state index in [1.165, 1.54) is 75.3 Å². The molecule has 3 heteroatoms. The second-order valence-electron chi connectivity index (χ2n) is 8.35. The van der Waals surface area contributed by atoms with Gasteiger partial charge in [-0.05, 0) is 36.3 Å². The van der Waals surface area contributed by atoms with Crippen LogP contribution >= 0.6 is 0 Å². The molecule has 2 aromatic rings. The third kappa shape index (κ3) is 8.22. The fraction of sp³-hybridized carbons (Fsp3) is 0.577. The number of ether oxygens (including phenoxy) is 1. The molecule has 1 unspecified atom stereocenters. The molecule has 0 saturated heterocycles. The SMILES string of the molecule is CCCCCCCCOC(C[n+]1ccccc1)c1ccc(C2CCCC2)cc1.[Br-]. The van der Waals surface area contributed by atoms with Gasteiger partial charge >= 0.3 is 0 Å². The van der Waals surface area contributed by atoms with Gasteiger partial charge in [0.15, 0.2) is 18.9 Å². The number of nitrogens with zero attached hydrogens (tertiary/aromatic N) is 1. The molecule has 1 saturated carbocycles. The van der Waals surface area contributed by atoms with Gasteiger partial charge < -0.3 is 21.7 Å². The van der Waals surface area contributed by atoms with Gasteiger partial charge in [-0.3, -0.25) is 0 Å². The highest BCUT2D eigenvalue weighted by Crippen LogP contribution is 2.34. The highest BCUT2D eigenvalue weighted by atomic mass is 79.9. The molecule has 2 nitrogen and oxygen atoms in total. The Balaban J connectivity index is 0.00000300. The zero-order valence-corrected chi connectivity index (χ0v) is 19.7. The molecule has 29 heavy (non-hydrogen) atoms. The molecule has 0 N–H and O–H groups in total. The summed E-state index contributed by atoms with van der Waals surface area (Å²) in [4.78, 5) is 0. The number of hydrogen-bond donors (Lipinski definition) is 0. The van der Waals surface area contributed by atoms with Crippen LogP contribution in [0.15, 0.2) is 54.9 Å². The number of rotatable bonds is 12. The molecule has 160 valence electrons. The first-order valence-corrected chi connectivity index (χ1v) is 11.5. The Bertz CT molecular complexity index is 652. The van der Waals surface area contributed by atoms with Crippen molar-refractivity contribution in [1.82, 2.24) is 0 Å². The molecule has 1 aliphatic carbocycles. The Morgan fingerprint density at radius 3 is 2.24 bits per heavy atom. The second-order valence-corrected chi connectivity index (χ2v) is 8.35. The van der Waals surface area contributed by atoms with E-state index < -0.39 is 0 Å². The Kier molecular flexibility index (Phi) is 11.6. The van der Waals surface area contributed by atoms with Gasteiger partial charge in [-0.1, -0.05) is 82.2 Å². The van der Waals surface area contributed by atoms with Gasteiger partial charge in [-0.2, -0.15) is 0 Å². The number of benzene rings is 1. The summed E-state index contributed by atoms with van der Waals surface area (Å²) in [7, 11) is 0. The van der Waals surface area contributed by atoms with E-state index in [2.05, 4.69) is 66.3 Å². The van der Waals surface area contributed by atoms with E-state index in [4.69, 9.17) is 4.74 Å². The van der Waals surface area contributed by atoms with Gasteiger partial charge in [-0.25, -0.2) is 4.57 Å². The van der Waals surface area contributed by atoms with Gasteiger partial charge in [-0.15, -0.1) is 0 Å². The molecular weight excluding hydrogens is 422 g/mol. The minimum atomic E-state index is 0. The number of hydrogen-bond acceptors (Lipinski definition) is 1. The number of aromatic nitrogens is 1. The first kappa shape index (κ1) is 24.1. The molecule has 1 heterocycles. The van der Waals surface area contributed by atoms with E-state index in [0.29, 0.717) is 0 Å². The average Bonchev–Trinajstić information content (AvgIpc) is 3.28. The molecule has 0 bridgehead atoms. The van der Waals surface area contributed by atoms with E-state index in [9.17, 15) is 0 Å².